The summed E-state index contributed by atoms with van der Waals surface area (Å²) in [5, 5.41) is 14.5. The van der Waals surface area contributed by atoms with Crippen molar-refractivity contribution < 1.29 is 4.79 Å². The Kier molecular flexibility index (Phi) is 4.63. The number of hydrogen-bond acceptors (Lipinski definition) is 5. The highest BCUT2D eigenvalue weighted by Crippen LogP contribution is 2.34. The van der Waals surface area contributed by atoms with E-state index in [1.807, 2.05) is 30.5 Å². The third kappa shape index (κ3) is 3.43. The quantitative estimate of drug-likeness (QED) is 0.524. The molecule has 0 aliphatic heterocycles. The molecule has 1 N–H and O–H groups in total. The number of rotatable bonds is 4. The summed E-state index contributed by atoms with van der Waals surface area (Å²) in [6.45, 7) is 1.90. The fourth-order valence-corrected chi connectivity index (χ4v) is 4.41. The molecule has 0 aliphatic carbocycles. The lowest BCUT2D eigenvalue weighted by Crippen LogP contribution is -2.27. The summed E-state index contributed by atoms with van der Waals surface area (Å²) in [5.74, 6) is -0.298. The Morgan fingerprint density at radius 2 is 2.00 bits per heavy atom. The second-order valence-electron chi connectivity index (χ2n) is 5.95. The first kappa shape index (κ1) is 17.6. The number of benzene rings is 1. The first-order valence-corrected chi connectivity index (χ1v) is 9.74. The molecule has 0 spiro atoms. The average molecular weight is 444 g/mol. The van der Waals surface area contributed by atoms with Gasteiger partial charge in [0.25, 0.3) is 5.56 Å². The Labute approximate surface area is 166 Å². The molecule has 3 heterocycles. The van der Waals surface area contributed by atoms with Gasteiger partial charge in [-0.1, -0.05) is 11.6 Å². The van der Waals surface area contributed by atoms with E-state index in [0.29, 0.717) is 10.7 Å². The van der Waals surface area contributed by atoms with E-state index in [1.165, 1.54) is 26.8 Å². The zero-order valence-corrected chi connectivity index (χ0v) is 16.6. The van der Waals surface area contributed by atoms with Crippen LogP contribution in [0.15, 0.2) is 57.4 Å². The van der Waals surface area contributed by atoms with Gasteiger partial charge >= 0.3 is 0 Å². The second-order valence-corrected chi connectivity index (χ2v) is 7.68. The summed E-state index contributed by atoms with van der Waals surface area (Å²) in [6.07, 6.45) is 3.13. The Bertz CT molecular complexity index is 1200. The van der Waals surface area contributed by atoms with Crippen LogP contribution in [-0.2, 0) is 11.3 Å². The highest BCUT2D eigenvalue weighted by Gasteiger charge is 2.17. The minimum Gasteiger partial charge on any atom is -0.314 e. The minimum atomic E-state index is -0.298. The van der Waals surface area contributed by atoms with Crippen molar-refractivity contribution in [2.24, 2.45) is 0 Å². The van der Waals surface area contributed by atoms with Crippen molar-refractivity contribution in [3.63, 3.8) is 0 Å². The summed E-state index contributed by atoms with van der Waals surface area (Å²) >= 11 is 4.81. The van der Waals surface area contributed by atoms with Crippen LogP contribution in [0.1, 0.15) is 5.56 Å². The number of amides is 1. The van der Waals surface area contributed by atoms with Crippen molar-refractivity contribution in [1.29, 1.82) is 0 Å². The topological polar surface area (TPSA) is 81.8 Å². The zero-order chi connectivity index (χ0) is 19.0. The number of carbonyl (C=O) groups is 1. The van der Waals surface area contributed by atoms with Gasteiger partial charge in [0.1, 0.15) is 17.2 Å². The van der Waals surface area contributed by atoms with E-state index in [9.17, 15) is 9.59 Å². The Balaban J connectivity index is 1.64. The third-order valence-electron chi connectivity index (χ3n) is 4.04. The van der Waals surface area contributed by atoms with Gasteiger partial charge in [-0.2, -0.15) is 10.2 Å². The molecule has 1 aromatic carbocycles. The van der Waals surface area contributed by atoms with E-state index < -0.39 is 0 Å². The lowest BCUT2D eigenvalue weighted by atomic mass is 10.1. The van der Waals surface area contributed by atoms with Gasteiger partial charge in [-0.3, -0.25) is 14.2 Å². The van der Waals surface area contributed by atoms with Crippen LogP contribution in [0.25, 0.3) is 16.6 Å². The lowest BCUT2D eigenvalue weighted by molar-refractivity contribution is -0.116. The normalized spacial score (nSPS) is 11.0. The molecule has 0 unspecified atom stereocenters. The number of anilines is 1. The maximum absolute atomic E-state index is 12.6. The first-order chi connectivity index (χ1) is 13.0. The average Bonchev–Trinajstić information content (AvgIpc) is 3.27. The number of halogens is 1. The number of nitrogens with one attached hydrogen (secondary N) is 1. The SMILES string of the molecule is Cc1ccc2c(ccc(=O)n2CC(=O)Nc2scc(Br)c2-n2nccn2)c1. The number of fused-ring (bicyclic) bond motifs is 1. The molecular weight excluding hydrogens is 430 g/mol. The van der Waals surface area contributed by atoms with Gasteiger partial charge in [0.2, 0.25) is 5.91 Å². The number of pyridine rings is 1. The number of thiophene rings is 1. The van der Waals surface area contributed by atoms with Crippen LogP contribution in [0, 0.1) is 6.92 Å². The summed E-state index contributed by atoms with van der Waals surface area (Å²) in [5.41, 5.74) is 2.25. The monoisotopic (exact) mass is 443 g/mol. The van der Waals surface area contributed by atoms with Crippen LogP contribution >= 0.6 is 27.3 Å². The van der Waals surface area contributed by atoms with E-state index in [-0.39, 0.29) is 18.0 Å². The number of carbonyl (C=O) groups excluding carboxylic acids is 1. The fraction of sp³-hybridized carbons (Fsp3) is 0.111. The number of nitrogens with zero attached hydrogens (tertiary/aromatic N) is 4. The van der Waals surface area contributed by atoms with Crippen molar-refractivity contribution in [2.75, 3.05) is 5.32 Å². The van der Waals surface area contributed by atoms with Crippen LogP contribution in [0.5, 0.6) is 0 Å². The summed E-state index contributed by atoms with van der Waals surface area (Å²) in [7, 11) is 0. The van der Waals surface area contributed by atoms with E-state index in [0.717, 1.165) is 20.9 Å². The van der Waals surface area contributed by atoms with Gasteiger partial charge in [-0.05, 0) is 46.4 Å². The van der Waals surface area contributed by atoms with Crippen molar-refractivity contribution in [2.45, 2.75) is 13.5 Å². The Hall–Kier alpha value is -2.78. The molecule has 0 bridgehead atoms. The van der Waals surface area contributed by atoms with Gasteiger partial charge in [0.05, 0.1) is 22.4 Å². The van der Waals surface area contributed by atoms with Crippen molar-refractivity contribution >= 4 is 49.1 Å². The second kappa shape index (κ2) is 7.09. The van der Waals surface area contributed by atoms with Crippen LogP contribution in [0.2, 0.25) is 0 Å². The lowest BCUT2D eigenvalue weighted by Gasteiger charge is -2.11. The molecule has 4 aromatic rings. The van der Waals surface area contributed by atoms with Crippen molar-refractivity contribution in [3.8, 4) is 5.69 Å². The fourth-order valence-electron chi connectivity index (χ4n) is 2.83. The molecule has 27 heavy (non-hydrogen) atoms. The first-order valence-electron chi connectivity index (χ1n) is 8.06. The highest BCUT2D eigenvalue weighted by atomic mass is 79.9. The molecule has 0 radical (unpaired) electrons. The van der Waals surface area contributed by atoms with E-state index >= 15 is 0 Å². The number of aryl methyl sites for hydroxylation is 1. The maximum atomic E-state index is 12.6. The Morgan fingerprint density at radius 3 is 2.78 bits per heavy atom. The molecule has 4 rings (SSSR count). The van der Waals surface area contributed by atoms with Gasteiger partial charge < -0.3 is 5.32 Å². The van der Waals surface area contributed by atoms with E-state index in [4.69, 9.17) is 0 Å². The molecule has 9 heteroatoms. The number of hydrogen-bond donors (Lipinski definition) is 1. The molecular formula is C18H14BrN5O2S. The summed E-state index contributed by atoms with van der Waals surface area (Å²) in [6, 6.07) is 9.03. The Morgan fingerprint density at radius 1 is 1.22 bits per heavy atom. The van der Waals surface area contributed by atoms with Crippen molar-refractivity contribution in [3.05, 3.63) is 68.5 Å². The molecule has 136 valence electrons. The molecule has 0 aliphatic rings. The molecule has 1 amide bonds. The summed E-state index contributed by atoms with van der Waals surface area (Å²) < 4.78 is 2.25. The van der Waals surface area contributed by atoms with Gasteiger partial charge in [-0.15, -0.1) is 16.1 Å². The highest BCUT2D eigenvalue weighted by molar-refractivity contribution is 9.10. The molecule has 0 saturated carbocycles. The minimum absolute atomic E-state index is 0.0826. The van der Waals surface area contributed by atoms with E-state index in [2.05, 4.69) is 31.4 Å². The third-order valence-corrected chi connectivity index (χ3v) is 5.83. The smallest absolute Gasteiger partial charge is 0.251 e. The standard InChI is InChI=1S/C18H14BrN5O2S/c1-11-2-4-14-12(8-11)3-5-16(26)23(14)9-15(25)22-18-17(13(19)10-27-18)24-20-6-7-21-24/h2-8,10H,9H2,1H3,(H,22,25). The molecule has 0 fully saturated rings. The van der Waals surface area contributed by atoms with Crippen molar-refractivity contribution in [1.82, 2.24) is 19.6 Å². The predicted octanol–water partition coefficient (Wildman–Crippen LogP) is 3.35. The van der Waals surface area contributed by atoms with E-state index in [1.54, 1.807) is 18.5 Å². The largest absolute Gasteiger partial charge is 0.314 e. The molecule has 7 nitrogen and oxygen atoms in total. The summed E-state index contributed by atoms with van der Waals surface area (Å²) in [4.78, 5) is 26.4. The van der Waals surface area contributed by atoms with Crippen LogP contribution in [0.4, 0.5) is 5.00 Å². The van der Waals surface area contributed by atoms with Crippen LogP contribution in [-0.4, -0.2) is 25.5 Å². The number of aromatic nitrogens is 4. The van der Waals surface area contributed by atoms with Crippen LogP contribution < -0.4 is 10.9 Å². The van der Waals surface area contributed by atoms with Gasteiger partial charge in [0, 0.05) is 11.4 Å². The predicted molar refractivity (Wildman–Crippen MR) is 109 cm³/mol. The molecule has 0 saturated heterocycles. The molecule has 3 aromatic heterocycles. The maximum Gasteiger partial charge on any atom is 0.251 e. The van der Waals surface area contributed by atoms with Gasteiger partial charge in [0.15, 0.2) is 0 Å². The zero-order valence-electron chi connectivity index (χ0n) is 14.2. The van der Waals surface area contributed by atoms with Gasteiger partial charge in [-0.25, -0.2) is 0 Å². The molecule has 0 atom stereocenters. The van der Waals surface area contributed by atoms with Crippen LogP contribution in [0.3, 0.4) is 0 Å².